The van der Waals surface area contributed by atoms with E-state index in [1.54, 1.807) is 48.5 Å². The Balaban J connectivity index is 0.934. The Morgan fingerprint density at radius 1 is 0.410 bits per heavy atom. The lowest BCUT2D eigenvalue weighted by Crippen LogP contribution is -2.30. The minimum atomic E-state index is -0.638. The van der Waals surface area contributed by atoms with Gasteiger partial charge >= 0.3 is 59.7 Å². The molecule has 0 aromatic heterocycles. The number of ether oxygens (including phenoxy) is 10. The van der Waals surface area contributed by atoms with Crippen molar-refractivity contribution in [1.82, 2.24) is 0 Å². The molecule has 1 N–H and O–H groups in total. The Hall–Kier alpha value is -8.49. The van der Waals surface area contributed by atoms with Gasteiger partial charge in [0.1, 0.15) is 49.4 Å². The molecular weight excluding hydrogens is 1020 g/mol. The summed E-state index contributed by atoms with van der Waals surface area (Å²) in [6, 6.07) is 17.8. The van der Waals surface area contributed by atoms with Crippen LogP contribution in [0.2, 0.25) is 0 Å². The lowest BCUT2D eigenvalue weighted by molar-refractivity contribution is -0.152. The molecule has 21 nitrogen and oxygen atoms in total. The van der Waals surface area contributed by atoms with E-state index in [1.165, 1.54) is 18.2 Å². The van der Waals surface area contributed by atoms with Gasteiger partial charge in [0.15, 0.2) is 0 Å². The van der Waals surface area contributed by atoms with E-state index in [1.807, 2.05) is 0 Å². The SMILES string of the molecule is C=CC(=O)OCCOC(=O)CCC(=O)OCCc1ccc(OC(=O)C2CCC(C(=O)Oc3ccc(OC(=O)C4CCC(C(=O)Oc5ccc(CCOC(=O)CCC(=O)OCCOC(=O)C=C)cc5)CC4)c(C=N)c3)CC2)cc1. The highest BCUT2D eigenvalue weighted by Crippen LogP contribution is 2.34. The minimum Gasteiger partial charge on any atom is -0.465 e. The van der Waals surface area contributed by atoms with E-state index in [0.29, 0.717) is 75.7 Å². The third kappa shape index (κ3) is 21.3. The van der Waals surface area contributed by atoms with Gasteiger partial charge in [-0.3, -0.25) is 38.4 Å². The molecule has 0 aliphatic heterocycles. The minimum absolute atomic E-state index is 0.0662. The smallest absolute Gasteiger partial charge is 0.330 e. The van der Waals surface area contributed by atoms with Gasteiger partial charge in [-0.2, -0.15) is 0 Å². The number of rotatable bonds is 29. The second-order valence-electron chi connectivity index (χ2n) is 18.0. The maximum absolute atomic E-state index is 13.2. The fraction of sp³-hybridized carbons (Fsp3) is 0.421. The van der Waals surface area contributed by atoms with Crippen LogP contribution in [-0.4, -0.2) is 106 Å². The van der Waals surface area contributed by atoms with Gasteiger partial charge < -0.3 is 52.8 Å². The monoisotopic (exact) mass is 1080 g/mol. The van der Waals surface area contributed by atoms with Crippen molar-refractivity contribution < 1.29 is 95.3 Å². The first kappa shape index (κ1) is 60.4. The average Bonchev–Trinajstić information content (AvgIpc) is 3.45. The molecule has 0 spiro atoms. The maximum atomic E-state index is 13.2. The molecule has 0 heterocycles. The van der Waals surface area contributed by atoms with E-state index in [9.17, 15) is 47.9 Å². The van der Waals surface area contributed by atoms with Crippen molar-refractivity contribution in [1.29, 1.82) is 5.41 Å². The third-order valence-corrected chi connectivity index (χ3v) is 12.5. The molecule has 5 rings (SSSR count). The van der Waals surface area contributed by atoms with Crippen LogP contribution >= 0.6 is 0 Å². The molecule has 2 aliphatic rings. The van der Waals surface area contributed by atoms with Crippen molar-refractivity contribution in [3.05, 3.63) is 109 Å². The molecule has 0 unspecified atom stereocenters. The normalized spacial score (nSPS) is 16.6. The van der Waals surface area contributed by atoms with E-state index in [2.05, 4.69) is 13.2 Å². The Labute approximate surface area is 450 Å². The van der Waals surface area contributed by atoms with Crippen LogP contribution in [0.4, 0.5) is 0 Å². The Morgan fingerprint density at radius 2 is 0.718 bits per heavy atom. The van der Waals surface area contributed by atoms with E-state index in [0.717, 1.165) is 29.5 Å². The first-order valence-corrected chi connectivity index (χ1v) is 25.5. The zero-order chi connectivity index (χ0) is 56.2. The summed E-state index contributed by atoms with van der Waals surface area (Å²) in [5.41, 5.74) is 1.86. The number of carbonyl (C=O) groups excluding carboxylic acids is 10. The van der Waals surface area contributed by atoms with Crippen LogP contribution in [-0.2, 0) is 89.2 Å². The predicted octanol–water partition coefficient (Wildman–Crippen LogP) is 6.60. The van der Waals surface area contributed by atoms with Crippen LogP contribution in [0.3, 0.4) is 0 Å². The van der Waals surface area contributed by atoms with Crippen LogP contribution in [0.25, 0.3) is 0 Å². The molecule has 3 aromatic rings. The highest BCUT2D eigenvalue weighted by Gasteiger charge is 2.34. The lowest BCUT2D eigenvalue weighted by Gasteiger charge is -2.26. The molecule has 78 heavy (non-hydrogen) atoms. The summed E-state index contributed by atoms with van der Waals surface area (Å²) in [5, 5.41) is 7.94. The molecule has 3 aromatic carbocycles. The largest absolute Gasteiger partial charge is 0.465 e. The molecule has 0 radical (unpaired) electrons. The molecule has 0 amide bonds. The van der Waals surface area contributed by atoms with Gasteiger partial charge in [-0.1, -0.05) is 37.4 Å². The second-order valence-corrected chi connectivity index (χ2v) is 18.0. The number of hydrogen-bond donors (Lipinski definition) is 1. The molecule has 0 atom stereocenters. The van der Waals surface area contributed by atoms with E-state index in [4.69, 9.17) is 52.8 Å². The van der Waals surface area contributed by atoms with Crippen LogP contribution in [0.5, 0.6) is 23.0 Å². The lowest BCUT2D eigenvalue weighted by atomic mass is 9.82. The summed E-state index contributed by atoms with van der Waals surface area (Å²) >= 11 is 0. The Bertz CT molecular complexity index is 2610. The molecule has 0 saturated heterocycles. The van der Waals surface area contributed by atoms with Gasteiger partial charge in [-0.05, 0) is 105 Å². The molecule has 2 aliphatic carbocycles. The fourth-order valence-electron chi connectivity index (χ4n) is 8.14. The quantitative estimate of drug-likeness (QED) is 0.0191. The Kier molecular flexibility index (Phi) is 24.9. The first-order valence-electron chi connectivity index (χ1n) is 25.5. The summed E-state index contributed by atoms with van der Waals surface area (Å²) < 4.78 is 52.1. The van der Waals surface area contributed by atoms with Gasteiger partial charge in [0.05, 0.1) is 62.6 Å². The first-order chi connectivity index (χ1) is 37.6. The van der Waals surface area contributed by atoms with Gasteiger partial charge in [0, 0.05) is 36.8 Å². The van der Waals surface area contributed by atoms with Gasteiger partial charge in [0.25, 0.3) is 0 Å². The second kappa shape index (κ2) is 32.2. The van der Waals surface area contributed by atoms with E-state index >= 15 is 0 Å². The zero-order valence-corrected chi connectivity index (χ0v) is 43.1. The summed E-state index contributed by atoms with van der Waals surface area (Å²) in [6.45, 7) is 6.12. The third-order valence-electron chi connectivity index (χ3n) is 12.5. The fourth-order valence-corrected chi connectivity index (χ4v) is 8.14. The van der Waals surface area contributed by atoms with Gasteiger partial charge in [-0.25, -0.2) is 9.59 Å². The summed E-state index contributed by atoms with van der Waals surface area (Å²) in [7, 11) is 0. The standard InChI is InChI=1S/C57H63NO20/c1-3-48(59)71-31-33-73-52(63)25-23-50(61)69-29-27-37-5-17-44(18-6-37)75-54(65)39-9-11-41(12-10-39)56(67)77-46-21-22-47(43(35-46)36-58)78-57(68)42-15-13-40(14-16-42)55(66)76-45-19-7-38(8-20-45)28-30-70-51(62)24-26-53(64)74-34-32-72-49(60)4-2/h3-8,17-22,35-36,39-42,58H,1-2,9-16,23-34H2. The molecule has 0 bridgehead atoms. The predicted molar refractivity (Wildman–Crippen MR) is 273 cm³/mol. The van der Waals surface area contributed by atoms with Crippen LogP contribution < -0.4 is 18.9 Å². The van der Waals surface area contributed by atoms with Crippen molar-refractivity contribution >= 4 is 65.9 Å². The Morgan fingerprint density at radius 3 is 1.06 bits per heavy atom. The van der Waals surface area contributed by atoms with Crippen molar-refractivity contribution in [2.24, 2.45) is 23.7 Å². The van der Waals surface area contributed by atoms with Crippen molar-refractivity contribution in [3.8, 4) is 23.0 Å². The number of esters is 10. The van der Waals surface area contributed by atoms with Gasteiger partial charge in [-0.15, -0.1) is 0 Å². The summed E-state index contributed by atoms with van der Waals surface area (Å²) in [6.07, 6.45) is 6.13. The van der Waals surface area contributed by atoms with Crippen LogP contribution in [0.15, 0.2) is 92.0 Å². The molecule has 21 heteroatoms. The van der Waals surface area contributed by atoms with Crippen molar-refractivity contribution in [2.75, 3.05) is 39.6 Å². The van der Waals surface area contributed by atoms with E-state index in [-0.39, 0.29) is 82.4 Å². The number of nitrogens with one attached hydrogen (secondary N) is 1. The van der Waals surface area contributed by atoms with Crippen LogP contribution in [0, 0.1) is 29.1 Å². The highest BCUT2D eigenvalue weighted by atomic mass is 16.6. The average molecular weight is 1080 g/mol. The molecule has 416 valence electrons. The molecular formula is C57H63NO20. The molecule has 2 fully saturated rings. The number of hydrogen-bond acceptors (Lipinski definition) is 21. The summed E-state index contributed by atoms with van der Waals surface area (Å²) in [5.74, 6) is -6.42. The van der Waals surface area contributed by atoms with Crippen molar-refractivity contribution in [3.63, 3.8) is 0 Å². The molecule has 2 saturated carbocycles. The van der Waals surface area contributed by atoms with Crippen molar-refractivity contribution in [2.45, 2.75) is 89.9 Å². The van der Waals surface area contributed by atoms with E-state index < -0.39 is 83.4 Å². The number of carbonyl (C=O) groups is 10. The zero-order valence-electron chi connectivity index (χ0n) is 43.1. The van der Waals surface area contributed by atoms with Gasteiger partial charge in [0.2, 0.25) is 0 Å². The maximum Gasteiger partial charge on any atom is 0.330 e. The van der Waals surface area contributed by atoms with Crippen LogP contribution in [0.1, 0.15) is 93.7 Å². The highest BCUT2D eigenvalue weighted by molar-refractivity contribution is 5.86. The topological polar surface area (TPSA) is 287 Å². The summed E-state index contributed by atoms with van der Waals surface area (Å²) in [4.78, 5) is 122. The number of benzene rings is 3.